The average Bonchev–Trinajstić information content (AvgIpc) is 3.55. The Morgan fingerprint density at radius 2 is 1.94 bits per heavy atom. The predicted octanol–water partition coefficient (Wildman–Crippen LogP) is 6.39. The number of carbonyl (C=O) groups is 1. The van der Waals surface area contributed by atoms with Crippen molar-refractivity contribution in [3.63, 3.8) is 0 Å². The Kier molecular flexibility index (Phi) is 4.96. The van der Waals surface area contributed by atoms with Crippen molar-refractivity contribution in [1.29, 1.82) is 0 Å². The van der Waals surface area contributed by atoms with Crippen LogP contribution >= 0.6 is 23.4 Å². The van der Waals surface area contributed by atoms with E-state index in [0.29, 0.717) is 16.4 Å². The SMILES string of the molecule is O=C1c2ccccc2Sc2cc(-c3noc(Cc4c(F)cccc4Cl)n3)ccc2N1C1CC1. The Bertz CT molecular complexity index is 1380. The number of aromatic nitrogens is 2. The minimum absolute atomic E-state index is 0.0377. The molecule has 5 nitrogen and oxygen atoms in total. The van der Waals surface area contributed by atoms with Gasteiger partial charge in [0.1, 0.15) is 5.82 Å². The number of benzene rings is 3. The third-order valence-corrected chi connectivity index (χ3v) is 7.28. The Balaban J connectivity index is 1.36. The second-order valence-corrected chi connectivity index (χ2v) is 9.57. The van der Waals surface area contributed by atoms with Gasteiger partial charge in [0.25, 0.3) is 5.91 Å². The molecule has 6 rings (SSSR count). The average molecular weight is 478 g/mol. The lowest BCUT2D eigenvalue weighted by atomic mass is 10.1. The van der Waals surface area contributed by atoms with E-state index in [2.05, 4.69) is 10.1 Å². The lowest BCUT2D eigenvalue weighted by Gasteiger charge is -2.22. The van der Waals surface area contributed by atoms with E-state index in [0.717, 1.165) is 39.4 Å². The fraction of sp³-hybridized carbons (Fsp3) is 0.160. The topological polar surface area (TPSA) is 59.2 Å². The van der Waals surface area contributed by atoms with E-state index in [1.54, 1.807) is 23.9 Å². The lowest BCUT2D eigenvalue weighted by molar-refractivity contribution is 0.0982. The first-order valence-electron chi connectivity index (χ1n) is 10.6. The van der Waals surface area contributed by atoms with Gasteiger partial charge >= 0.3 is 0 Å². The summed E-state index contributed by atoms with van der Waals surface area (Å²) in [7, 11) is 0. The van der Waals surface area contributed by atoms with Gasteiger partial charge in [0.05, 0.1) is 17.7 Å². The molecule has 33 heavy (non-hydrogen) atoms. The summed E-state index contributed by atoms with van der Waals surface area (Å²) < 4.78 is 19.5. The molecule has 0 spiro atoms. The van der Waals surface area contributed by atoms with E-state index in [-0.39, 0.29) is 24.3 Å². The Morgan fingerprint density at radius 1 is 1.09 bits per heavy atom. The highest BCUT2D eigenvalue weighted by molar-refractivity contribution is 7.99. The van der Waals surface area contributed by atoms with Crippen molar-refractivity contribution in [3.8, 4) is 11.4 Å². The van der Waals surface area contributed by atoms with Crippen LogP contribution in [0.2, 0.25) is 5.02 Å². The van der Waals surface area contributed by atoms with Crippen molar-refractivity contribution in [2.24, 2.45) is 0 Å². The van der Waals surface area contributed by atoms with Crippen molar-refractivity contribution >= 4 is 35.0 Å². The molecular formula is C25H17ClFN3O2S. The number of hydrogen-bond donors (Lipinski definition) is 0. The standard InChI is InChI=1S/C25H17ClFN3O2S/c26-18-5-3-6-19(27)17(18)13-23-28-24(29-32-23)14-8-11-20-22(12-14)33-21-7-2-1-4-16(21)25(31)30(20)15-9-10-15/h1-8,11-12,15H,9-10,13H2. The first-order valence-corrected chi connectivity index (χ1v) is 11.8. The van der Waals surface area contributed by atoms with Gasteiger partial charge in [-0.15, -0.1) is 0 Å². The summed E-state index contributed by atoms with van der Waals surface area (Å²) in [6.45, 7) is 0. The highest BCUT2D eigenvalue weighted by Gasteiger charge is 2.38. The van der Waals surface area contributed by atoms with Crippen LogP contribution in [0, 0.1) is 5.82 Å². The van der Waals surface area contributed by atoms with Gasteiger partial charge in [-0.1, -0.05) is 46.7 Å². The molecule has 0 atom stereocenters. The van der Waals surface area contributed by atoms with Crippen molar-refractivity contribution in [3.05, 3.63) is 88.5 Å². The molecule has 0 bridgehead atoms. The van der Waals surface area contributed by atoms with Crippen LogP contribution in [0.5, 0.6) is 0 Å². The highest BCUT2D eigenvalue weighted by Crippen LogP contribution is 2.46. The minimum Gasteiger partial charge on any atom is -0.339 e. The summed E-state index contributed by atoms with van der Waals surface area (Å²) in [5, 5.41) is 4.42. The van der Waals surface area contributed by atoms with E-state index >= 15 is 0 Å². The summed E-state index contributed by atoms with van der Waals surface area (Å²) in [4.78, 5) is 21.6. The van der Waals surface area contributed by atoms with Crippen LogP contribution < -0.4 is 4.90 Å². The predicted molar refractivity (Wildman–Crippen MR) is 124 cm³/mol. The van der Waals surface area contributed by atoms with Crippen LogP contribution in [0.3, 0.4) is 0 Å². The molecule has 164 valence electrons. The van der Waals surface area contributed by atoms with Crippen molar-refractivity contribution in [2.75, 3.05) is 4.90 Å². The maximum absolute atomic E-state index is 14.1. The fourth-order valence-corrected chi connectivity index (χ4v) is 5.35. The number of anilines is 1. The summed E-state index contributed by atoms with van der Waals surface area (Å²) in [6.07, 6.45) is 2.12. The molecule has 2 aliphatic rings. The molecule has 4 aromatic rings. The molecule has 1 saturated carbocycles. The van der Waals surface area contributed by atoms with Gasteiger partial charge in [0.2, 0.25) is 11.7 Å². The van der Waals surface area contributed by atoms with Gasteiger partial charge in [-0.3, -0.25) is 4.79 Å². The monoisotopic (exact) mass is 477 g/mol. The first kappa shape index (κ1) is 20.4. The number of hydrogen-bond acceptors (Lipinski definition) is 5. The number of halogens is 2. The number of nitrogens with zero attached hydrogens (tertiary/aromatic N) is 3. The van der Waals surface area contributed by atoms with Gasteiger partial charge in [-0.2, -0.15) is 4.98 Å². The molecule has 3 aromatic carbocycles. The maximum Gasteiger partial charge on any atom is 0.259 e. The normalized spacial score (nSPS) is 15.2. The van der Waals surface area contributed by atoms with Crippen molar-refractivity contribution in [1.82, 2.24) is 10.1 Å². The summed E-state index contributed by atoms with van der Waals surface area (Å²) in [5.41, 5.74) is 2.70. The second kappa shape index (κ2) is 8.01. The van der Waals surface area contributed by atoms with E-state index in [1.807, 2.05) is 47.4 Å². The van der Waals surface area contributed by atoms with E-state index in [1.165, 1.54) is 6.07 Å². The van der Waals surface area contributed by atoms with Crippen molar-refractivity contribution in [2.45, 2.75) is 35.1 Å². The van der Waals surface area contributed by atoms with Gasteiger partial charge in [-0.05, 0) is 55.3 Å². The fourth-order valence-electron chi connectivity index (χ4n) is 4.02. The van der Waals surface area contributed by atoms with E-state index < -0.39 is 5.82 Å². The zero-order chi connectivity index (χ0) is 22.5. The van der Waals surface area contributed by atoms with Crippen LogP contribution in [-0.2, 0) is 6.42 Å². The Labute approximate surface area is 198 Å². The molecule has 1 aromatic heterocycles. The molecule has 8 heteroatoms. The molecule has 0 radical (unpaired) electrons. The van der Waals surface area contributed by atoms with Crippen molar-refractivity contribution < 1.29 is 13.7 Å². The molecule has 0 saturated heterocycles. The molecule has 0 N–H and O–H groups in total. The van der Waals surface area contributed by atoms with Gasteiger partial charge < -0.3 is 9.42 Å². The summed E-state index contributed by atoms with van der Waals surface area (Å²) >= 11 is 7.69. The quantitative estimate of drug-likeness (QED) is 0.340. The summed E-state index contributed by atoms with van der Waals surface area (Å²) in [6, 6.07) is 18.3. The van der Waals surface area contributed by atoms with Crippen LogP contribution in [0.4, 0.5) is 10.1 Å². The molecule has 0 unspecified atom stereocenters. The highest BCUT2D eigenvalue weighted by atomic mass is 35.5. The third kappa shape index (κ3) is 3.71. The molecule has 2 heterocycles. The molecular weight excluding hydrogens is 461 g/mol. The van der Waals surface area contributed by atoms with Crippen LogP contribution in [0.1, 0.15) is 34.7 Å². The third-order valence-electron chi connectivity index (χ3n) is 5.80. The number of fused-ring (bicyclic) bond motifs is 2. The zero-order valence-corrected chi connectivity index (χ0v) is 18.9. The van der Waals surface area contributed by atoms with Gasteiger partial charge in [0, 0.05) is 32.0 Å². The van der Waals surface area contributed by atoms with Gasteiger partial charge in [0.15, 0.2) is 0 Å². The van der Waals surface area contributed by atoms with Crippen LogP contribution in [-0.4, -0.2) is 22.1 Å². The number of rotatable bonds is 4. The van der Waals surface area contributed by atoms with E-state index in [4.69, 9.17) is 16.1 Å². The smallest absolute Gasteiger partial charge is 0.259 e. The maximum atomic E-state index is 14.1. The zero-order valence-electron chi connectivity index (χ0n) is 17.3. The second-order valence-electron chi connectivity index (χ2n) is 8.08. The lowest BCUT2D eigenvalue weighted by Crippen LogP contribution is -2.32. The molecule has 1 aliphatic heterocycles. The number of amides is 1. The Hall–Kier alpha value is -3.16. The minimum atomic E-state index is -0.410. The largest absolute Gasteiger partial charge is 0.339 e. The Morgan fingerprint density at radius 3 is 2.76 bits per heavy atom. The van der Waals surface area contributed by atoms with Crippen LogP contribution in [0.15, 0.2) is 75.0 Å². The molecule has 1 aliphatic carbocycles. The molecule has 1 fully saturated rings. The molecule has 1 amide bonds. The van der Waals surface area contributed by atoms with E-state index in [9.17, 15) is 9.18 Å². The number of carbonyl (C=O) groups excluding carboxylic acids is 1. The van der Waals surface area contributed by atoms with Crippen LogP contribution in [0.25, 0.3) is 11.4 Å². The van der Waals surface area contributed by atoms with Gasteiger partial charge in [-0.25, -0.2) is 4.39 Å². The first-order chi connectivity index (χ1) is 16.1. The summed E-state index contributed by atoms with van der Waals surface area (Å²) in [5.74, 6) is 0.310.